The lowest BCUT2D eigenvalue weighted by atomic mass is 9.96. The van der Waals surface area contributed by atoms with Gasteiger partial charge in [-0.3, -0.25) is 9.59 Å². The number of hydrogen-bond acceptors (Lipinski definition) is 4. The highest BCUT2D eigenvalue weighted by Crippen LogP contribution is 2.39. The number of carbonyl (C=O) groups excluding carboxylic acids is 2. The van der Waals surface area contributed by atoms with E-state index in [0.29, 0.717) is 25.0 Å². The molecular weight excluding hydrogens is 328 g/mol. The molecule has 0 heterocycles. The molecule has 4 rings (SSSR count). The Labute approximate surface area is 154 Å². The molecular formula is C22H26O4. The zero-order chi connectivity index (χ0) is 17.9. The molecule has 138 valence electrons. The molecule has 0 radical (unpaired) electrons. The van der Waals surface area contributed by atoms with Gasteiger partial charge in [-0.15, -0.1) is 0 Å². The molecule has 0 aromatic carbocycles. The molecule has 0 aromatic heterocycles. The number of hydrogen-bond donors (Lipinski definition) is 0. The van der Waals surface area contributed by atoms with Crippen LogP contribution in [-0.2, 0) is 19.1 Å². The molecule has 4 heteroatoms. The Hall–Kier alpha value is -2.10. The van der Waals surface area contributed by atoms with Crippen molar-refractivity contribution in [2.24, 2.45) is 23.7 Å². The third-order valence-electron chi connectivity index (χ3n) is 5.84. The van der Waals surface area contributed by atoms with E-state index in [0.717, 1.165) is 38.5 Å². The lowest BCUT2D eigenvalue weighted by Crippen LogP contribution is -2.21. The molecule has 0 saturated carbocycles. The number of unbranched alkanes of at least 4 members (excludes halogenated alkanes) is 3. The van der Waals surface area contributed by atoms with Crippen LogP contribution in [0.2, 0.25) is 0 Å². The molecule has 0 amide bonds. The van der Waals surface area contributed by atoms with Gasteiger partial charge < -0.3 is 9.47 Å². The highest BCUT2D eigenvalue weighted by molar-refractivity contribution is 5.77. The van der Waals surface area contributed by atoms with Crippen LogP contribution in [0.25, 0.3) is 0 Å². The van der Waals surface area contributed by atoms with E-state index in [-0.39, 0.29) is 23.8 Å². The van der Waals surface area contributed by atoms with Crippen LogP contribution >= 0.6 is 0 Å². The summed E-state index contributed by atoms with van der Waals surface area (Å²) >= 11 is 0. The van der Waals surface area contributed by atoms with E-state index in [1.807, 2.05) is 12.2 Å². The van der Waals surface area contributed by atoms with Crippen LogP contribution in [0.3, 0.4) is 0 Å². The van der Waals surface area contributed by atoms with E-state index in [1.54, 1.807) is 0 Å². The second-order valence-electron chi connectivity index (χ2n) is 7.74. The third-order valence-corrected chi connectivity index (χ3v) is 5.84. The van der Waals surface area contributed by atoms with Gasteiger partial charge in [0.25, 0.3) is 0 Å². The van der Waals surface area contributed by atoms with Gasteiger partial charge in [-0.2, -0.15) is 0 Å². The number of carbonyl (C=O) groups is 2. The molecule has 4 unspecified atom stereocenters. The molecule has 4 aliphatic carbocycles. The first-order valence-electron chi connectivity index (χ1n) is 9.82. The Morgan fingerprint density at radius 3 is 1.58 bits per heavy atom. The Morgan fingerprint density at radius 2 is 1.23 bits per heavy atom. The molecule has 0 fully saturated rings. The van der Waals surface area contributed by atoms with Crippen molar-refractivity contribution >= 4 is 11.9 Å². The highest BCUT2D eigenvalue weighted by atomic mass is 16.5. The van der Waals surface area contributed by atoms with Crippen LogP contribution in [0.1, 0.15) is 38.5 Å². The lowest BCUT2D eigenvalue weighted by Gasteiger charge is -2.15. The summed E-state index contributed by atoms with van der Waals surface area (Å²) < 4.78 is 10.8. The minimum absolute atomic E-state index is 0.0647. The van der Waals surface area contributed by atoms with Crippen LogP contribution in [0, 0.1) is 23.7 Å². The molecule has 0 aliphatic heterocycles. The van der Waals surface area contributed by atoms with Crippen LogP contribution in [0.5, 0.6) is 0 Å². The van der Waals surface area contributed by atoms with Crippen molar-refractivity contribution in [1.29, 1.82) is 0 Å². The smallest absolute Gasteiger partial charge is 0.313 e. The van der Waals surface area contributed by atoms with Gasteiger partial charge in [-0.25, -0.2) is 0 Å². The van der Waals surface area contributed by atoms with E-state index in [1.165, 1.54) is 11.1 Å². The first-order chi connectivity index (χ1) is 12.7. The molecule has 4 bridgehead atoms. The van der Waals surface area contributed by atoms with Gasteiger partial charge in [-0.05, 0) is 50.4 Å². The van der Waals surface area contributed by atoms with Crippen LogP contribution in [-0.4, -0.2) is 25.2 Å². The Morgan fingerprint density at radius 1 is 0.769 bits per heavy atom. The monoisotopic (exact) mass is 354 g/mol. The molecule has 0 aromatic rings. The second-order valence-corrected chi connectivity index (χ2v) is 7.74. The quantitative estimate of drug-likeness (QED) is 0.465. The fourth-order valence-electron chi connectivity index (χ4n) is 4.34. The molecule has 0 saturated heterocycles. The second kappa shape index (κ2) is 7.65. The maximum atomic E-state index is 12.1. The van der Waals surface area contributed by atoms with Gasteiger partial charge in [0, 0.05) is 0 Å². The topological polar surface area (TPSA) is 52.6 Å². The molecule has 0 spiro atoms. The van der Waals surface area contributed by atoms with Gasteiger partial charge in [0.1, 0.15) is 0 Å². The first kappa shape index (κ1) is 17.3. The standard InChI is InChI=1S/C22H26O4/c23-21(19-13-15-5-7-17(19)11-15)25-9-3-1-2-4-10-26-22(24)20-14-16-6-8-18(20)12-16/h5-8,13-14,17-20H,1-4,9-12H2. The van der Waals surface area contributed by atoms with Crippen LogP contribution < -0.4 is 0 Å². The summed E-state index contributed by atoms with van der Waals surface area (Å²) in [7, 11) is 0. The average molecular weight is 354 g/mol. The van der Waals surface area contributed by atoms with Gasteiger partial charge in [0.15, 0.2) is 0 Å². The summed E-state index contributed by atoms with van der Waals surface area (Å²) in [5, 5.41) is 0. The average Bonchev–Trinajstić information content (AvgIpc) is 3.43. The number of ether oxygens (including phenoxy) is 2. The van der Waals surface area contributed by atoms with Crippen molar-refractivity contribution < 1.29 is 19.1 Å². The number of fused-ring (bicyclic) bond motifs is 4. The predicted molar refractivity (Wildman–Crippen MR) is 98.0 cm³/mol. The van der Waals surface area contributed by atoms with Crippen molar-refractivity contribution in [3.8, 4) is 0 Å². The Bertz CT molecular complexity index is 637. The summed E-state index contributed by atoms with van der Waals surface area (Å²) in [6.07, 6.45) is 18.2. The van der Waals surface area contributed by atoms with Crippen molar-refractivity contribution in [2.45, 2.75) is 38.5 Å². The molecule has 4 atom stereocenters. The third kappa shape index (κ3) is 3.69. The van der Waals surface area contributed by atoms with E-state index in [2.05, 4.69) is 24.3 Å². The molecule has 4 aliphatic rings. The summed E-state index contributed by atoms with van der Waals surface area (Å²) in [6, 6.07) is 0. The normalized spacial score (nSPS) is 29.8. The Balaban J connectivity index is 1.02. The minimum atomic E-state index is -0.0858. The summed E-state index contributed by atoms with van der Waals surface area (Å²) in [5.74, 6) is 0.353. The van der Waals surface area contributed by atoms with E-state index >= 15 is 0 Å². The van der Waals surface area contributed by atoms with Gasteiger partial charge >= 0.3 is 11.9 Å². The number of rotatable bonds is 9. The lowest BCUT2D eigenvalue weighted by molar-refractivity contribution is -0.149. The van der Waals surface area contributed by atoms with E-state index < -0.39 is 0 Å². The zero-order valence-electron chi connectivity index (χ0n) is 15.1. The number of allylic oxidation sites excluding steroid dienone is 6. The number of esters is 2. The largest absolute Gasteiger partial charge is 0.465 e. The predicted octanol–water partition coefficient (Wildman–Crippen LogP) is 3.90. The van der Waals surface area contributed by atoms with Crippen molar-refractivity contribution in [3.05, 3.63) is 47.6 Å². The maximum Gasteiger partial charge on any atom is 0.313 e. The van der Waals surface area contributed by atoms with E-state index in [9.17, 15) is 9.59 Å². The molecule has 26 heavy (non-hydrogen) atoms. The van der Waals surface area contributed by atoms with Gasteiger partial charge in [0.05, 0.1) is 25.0 Å². The van der Waals surface area contributed by atoms with Gasteiger partial charge in [-0.1, -0.05) is 47.6 Å². The molecule has 0 N–H and O–H groups in total. The highest BCUT2D eigenvalue weighted by Gasteiger charge is 2.35. The maximum absolute atomic E-state index is 12.1. The summed E-state index contributed by atoms with van der Waals surface area (Å²) in [4.78, 5) is 24.1. The Kier molecular flexibility index (Phi) is 5.09. The van der Waals surface area contributed by atoms with Gasteiger partial charge in [0.2, 0.25) is 0 Å². The zero-order valence-corrected chi connectivity index (χ0v) is 15.1. The fourth-order valence-corrected chi connectivity index (χ4v) is 4.34. The van der Waals surface area contributed by atoms with E-state index in [4.69, 9.17) is 9.47 Å². The van der Waals surface area contributed by atoms with Crippen LogP contribution in [0.4, 0.5) is 0 Å². The molecule has 4 nitrogen and oxygen atoms in total. The fraction of sp³-hybridized carbons (Fsp3) is 0.545. The van der Waals surface area contributed by atoms with Crippen LogP contribution in [0.15, 0.2) is 47.6 Å². The summed E-state index contributed by atoms with van der Waals surface area (Å²) in [6.45, 7) is 0.969. The SMILES string of the molecule is O=C(OCCCCCCOC(=O)C1C=C2C=CC1C2)C1C=C2C=CC1C2. The van der Waals surface area contributed by atoms with Crippen molar-refractivity contribution in [2.75, 3.05) is 13.2 Å². The van der Waals surface area contributed by atoms with Crippen molar-refractivity contribution in [1.82, 2.24) is 0 Å². The first-order valence-corrected chi connectivity index (χ1v) is 9.82. The summed E-state index contributed by atoms with van der Waals surface area (Å²) in [5.41, 5.74) is 2.54. The minimum Gasteiger partial charge on any atom is -0.465 e. The van der Waals surface area contributed by atoms with Crippen molar-refractivity contribution in [3.63, 3.8) is 0 Å².